The summed E-state index contributed by atoms with van der Waals surface area (Å²) in [7, 11) is 0. The number of aliphatic hydroxyl groups is 1. The number of halogens is 2. The number of aliphatic hydroxyl groups excluding tert-OH is 1. The zero-order chi connectivity index (χ0) is 11.9. The van der Waals surface area contributed by atoms with E-state index in [0.717, 1.165) is 8.95 Å². The second kappa shape index (κ2) is 4.47. The largest absolute Gasteiger partial charge is 0.491 e. The van der Waals surface area contributed by atoms with Crippen LogP contribution in [0.4, 0.5) is 0 Å². The van der Waals surface area contributed by atoms with Crippen molar-refractivity contribution in [3.63, 3.8) is 0 Å². The normalized spacial score (nSPS) is 23.5. The summed E-state index contributed by atoms with van der Waals surface area (Å²) in [5, 5.41) is 10.1. The van der Waals surface area contributed by atoms with Gasteiger partial charge >= 0.3 is 0 Å². The lowest BCUT2D eigenvalue weighted by Crippen LogP contribution is -2.31. The minimum Gasteiger partial charge on any atom is -0.491 e. The Morgan fingerprint density at radius 2 is 2.19 bits per heavy atom. The van der Waals surface area contributed by atoms with Gasteiger partial charge in [0.2, 0.25) is 0 Å². The molecule has 1 aromatic carbocycles. The van der Waals surface area contributed by atoms with Crippen molar-refractivity contribution in [2.24, 2.45) is 5.92 Å². The molecule has 0 radical (unpaired) electrons. The highest BCUT2D eigenvalue weighted by Crippen LogP contribution is 2.42. The molecule has 1 aromatic rings. The summed E-state index contributed by atoms with van der Waals surface area (Å²) in [6.07, 6.45) is -0.796. The van der Waals surface area contributed by atoms with Crippen molar-refractivity contribution in [1.29, 1.82) is 0 Å². The summed E-state index contributed by atoms with van der Waals surface area (Å²) in [6.45, 7) is 1.69. The van der Waals surface area contributed by atoms with Crippen molar-refractivity contribution in [2.45, 2.75) is 13.0 Å². The van der Waals surface area contributed by atoms with Crippen LogP contribution in [0.25, 0.3) is 0 Å². The minimum atomic E-state index is -0.796. The lowest BCUT2D eigenvalue weighted by molar-refractivity contribution is -0.126. The SMILES string of the molecule is CC(=O)C1COc2c(Br)cc(Br)cc2C1O. The maximum atomic E-state index is 11.3. The first kappa shape index (κ1) is 12.1. The second-order valence-corrected chi connectivity index (χ2v) is 5.55. The van der Waals surface area contributed by atoms with Gasteiger partial charge in [-0.25, -0.2) is 0 Å². The molecule has 1 heterocycles. The average molecular weight is 350 g/mol. The smallest absolute Gasteiger partial charge is 0.139 e. The Hall–Kier alpha value is -0.390. The van der Waals surface area contributed by atoms with Crippen LogP contribution in [-0.4, -0.2) is 17.5 Å². The minimum absolute atomic E-state index is 0.0609. The molecule has 0 spiro atoms. The summed E-state index contributed by atoms with van der Waals surface area (Å²) in [5.41, 5.74) is 0.646. The van der Waals surface area contributed by atoms with E-state index in [9.17, 15) is 9.90 Å². The number of Topliss-reactive ketones (excluding diaryl/α,β-unsaturated/α-hetero) is 1. The molecule has 1 aliphatic heterocycles. The van der Waals surface area contributed by atoms with Crippen molar-refractivity contribution < 1.29 is 14.6 Å². The summed E-state index contributed by atoms with van der Waals surface area (Å²) < 4.78 is 7.12. The molecule has 0 fully saturated rings. The molecule has 3 nitrogen and oxygen atoms in total. The Kier molecular flexibility index (Phi) is 3.37. The fourth-order valence-corrected chi connectivity index (χ4v) is 3.15. The highest BCUT2D eigenvalue weighted by Gasteiger charge is 2.33. The predicted molar refractivity (Wildman–Crippen MR) is 66.5 cm³/mol. The number of carbonyl (C=O) groups excluding carboxylic acids is 1. The molecule has 1 N–H and O–H groups in total. The number of hydrogen-bond acceptors (Lipinski definition) is 3. The Bertz CT molecular complexity index is 445. The van der Waals surface area contributed by atoms with E-state index < -0.39 is 12.0 Å². The monoisotopic (exact) mass is 348 g/mol. The third kappa shape index (κ3) is 2.04. The van der Waals surface area contributed by atoms with Crippen molar-refractivity contribution in [3.8, 4) is 5.75 Å². The van der Waals surface area contributed by atoms with E-state index in [-0.39, 0.29) is 12.4 Å². The summed E-state index contributed by atoms with van der Waals surface area (Å²) in [4.78, 5) is 11.3. The fourth-order valence-electron chi connectivity index (χ4n) is 1.77. The van der Waals surface area contributed by atoms with Crippen LogP contribution >= 0.6 is 31.9 Å². The number of ketones is 1. The van der Waals surface area contributed by atoms with Crippen LogP contribution in [0.3, 0.4) is 0 Å². The lowest BCUT2D eigenvalue weighted by Gasteiger charge is -2.29. The van der Waals surface area contributed by atoms with Crippen LogP contribution in [0.5, 0.6) is 5.75 Å². The first-order chi connectivity index (χ1) is 7.50. The molecule has 0 saturated heterocycles. The van der Waals surface area contributed by atoms with Crippen LogP contribution in [-0.2, 0) is 4.79 Å². The molecule has 2 unspecified atom stereocenters. The summed E-state index contributed by atoms with van der Waals surface area (Å²) >= 11 is 6.71. The van der Waals surface area contributed by atoms with Crippen LogP contribution in [0.1, 0.15) is 18.6 Å². The van der Waals surface area contributed by atoms with Gasteiger partial charge < -0.3 is 9.84 Å². The topological polar surface area (TPSA) is 46.5 Å². The molecule has 1 aliphatic rings. The van der Waals surface area contributed by atoms with E-state index in [1.165, 1.54) is 6.92 Å². The number of fused-ring (bicyclic) bond motifs is 1. The number of benzene rings is 1. The standard InChI is InChI=1S/C11H10Br2O3/c1-5(14)8-4-16-11-7(10(8)15)2-6(12)3-9(11)13/h2-3,8,10,15H,4H2,1H3. The molecule has 86 valence electrons. The molecule has 0 aromatic heterocycles. The zero-order valence-corrected chi connectivity index (χ0v) is 11.7. The second-order valence-electron chi connectivity index (χ2n) is 3.78. The van der Waals surface area contributed by atoms with Gasteiger partial charge in [0.05, 0.1) is 16.5 Å². The molecule has 2 atom stereocenters. The van der Waals surface area contributed by atoms with Gasteiger partial charge in [0, 0.05) is 10.0 Å². The molecule has 5 heteroatoms. The molecular formula is C11H10Br2O3. The van der Waals surface area contributed by atoms with Gasteiger partial charge in [0.1, 0.15) is 18.1 Å². The highest BCUT2D eigenvalue weighted by atomic mass is 79.9. The highest BCUT2D eigenvalue weighted by molar-refractivity contribution is 9.11. The van der Waals surface area contributed by atoms with E-state index in [2.05, 4.69) is 31.9 Å². The third-order valence-corrected chi connectivity index (χ3v) is 3.71. The fraction of sp³-hybridized carbons (Fsp3) is 0.364. The Morgan fingerprint density at radius 3 is 2.81 bits per heavy atom. The number of carbonyl (C=O) groups is 1. The molecular weight excluding hydrogens is 340 g/mol. The van der Waals surface area contributed by atoms with Crippen molar-refractivity contribution in [2.75, 3.05) is 6.61 Å². The summed E-state index contributed by atoms with van der Waals surface area (Å²) in [5.74, 6) is 0.0798. The number of rotatable bonds is 1. The van der Waals surface area contributed by atoms with Crippen LogP contribution in [0.2, 0.25) is 0 Å². The van der Waals surface area contributed by atoms with Gasteiger partial charge in [-0.15, -0.1) is 0 Å². The van der Waals surface area contributed by atoms with Gasteiger partial charge in [-0.05, 0) is 35.0 Å². The van der Waals surface area contributed by atoms with Gasteiger partial charge in [0.15, 0.2) is 0 Å². The Morgan fingerprint density at radius 1 is 1.50 bits per heavy atom. The van der Waals surface area contributed by atoms with Crippen LogP contribution < -0.4 is 4.74 Å². The molecule has 0 aliphatic carbocycles. The van der Waals surface area contributed by atoms with Crippen molar-refractivity contribution in [1.82, 2.24) is 0 Å². The van der Waals surface area contributed by atoms with Crippen LogP contribution in [0, 0.1) is 5.92 Å². The number of ether oxygens (including phenoxy) is 1. The average Bonchev–Trinajstić information content (AvgIpc) is 2.19. The van der Waals surface area contributed by atoms with Crippen molar-refractivity contribution in [3.05, 3.63) is 26.6 Å². The zero-order valence-electron chi connectivity index (χ0n) is 8.54. The van der Waals surface area contributed by atoms with E-state index in [0.29, 0.717) is 11.3 Å². The van der Waals surface area contributed by atoms with E-state index in [4.69, 9.17) is 4.74 Å². The quantitative estimate of drug-likeness (QED) is 0.848. The Labute approximate surface area is 110 Å². The maximum Gasteiger partial charge on any atom is 0.139 e. The predicted octanol–water partition coefficient (Wildman–Crippen LogP) is 2.84. The van der Waals surface area contributed by atoms with Gasteiger partial charge in [-0.2, -0.15) is 0 Å². The molecule has 0 saturated carbocycles. The van der Waals surface area contributed by atoms with E-state index in [1.807, 2.05) is 6.07 Å². The molecule has 2 rings (SSSR count). The van der Waals surface area contributed by atoms with Gasteiger partial charge in [-0.3, -0.25) is 4.79 Å². The van der Waals surface area contributed by atoms with E-state index in [1.54, 1.807) is 6.07 Å². The van der Waals surface area contributed by atoms with E-state index >= 15 is 0 Å². The molecule has 16 heavy (non-hydrogen) atoms. The number of hydrogen-bond donors (Lipinski definition) is 1. The Balaban J connectivity index is 2.48. The first-order valence-corrected chi connectivity index (χ1v) is 6.39. The molecule has 0 bridgehead atoms. The van der Waals surface area contributed by atoms with Gasteiger partial charge in [-0.1, -0.05) is 15.9 Å². The summed E-state index contributed by atoms with van der Waals surface area (Å²) in [6, 6.07) is 3.62. The lowest BCUT2D eigenvalue weighted by atomic mass is 9.91. The molecule has 0 amide bonds. The van der Waals surface area contributed by atoms with Crippen molar-refractivity contribution >= 4 is 37.6 Å². The first-order valence-electron chi connectivity index (χ1n) is 4.81. The maximum absolute atomic E-state index is 11.3. The van der Waals surface area contributed by atoms with Crippen LogP contribution in [0.15, 0.2) is 21.1 Å². The third-order valence-electron chi connectivity index (χ3n) is 2.67. The van der Waals surface area contributed by atoms with Gasteiger partial charge in [0.25, 0.3) is 0 Å².